The van der Waals surface area contributed by atoms with Crippen molar-refractivity contribution in [1.29, 1.82) is 0 Å². The Morgan fingerprint density at radius 1 is 1.63 bits per heavy atom. The number of nitrogens with zero attached hydrogens (tertiary/aromatic N) is 1. The molecule has 1 aliphatic heterocycles. The molecule has 5 nitrogen and oxygen atoms in total. The van der Waals surface area contributed by atoms with E-state index in [4.69, 9.17) is 27.2 Å². The number of hydrogen-bond acceptors (Lipinski definition) is 4. The molecule has 0 spiro atoms. The lowest BCUT2D eigenvalue weighted by Crippen LogP contribution is -2.52. The van der Waals surface area contributed by atoms with Crippen molar-refractivity contribution in [3.8, 4) is 0 Å². The Morgan fingerprint density at radius 2 is 2.37 bits per heavy atom. The van der Waals surface area contributed by atoms with Crippen LogP contribution in [0.25, 0.3) is 0 Å². The minimum atomic E-state index is -0.347. The maximum atomic E-state index is 12.5. The summed E-state index contributed by atoms with van der Waals surface area (Å²) >= 11 is 5.90. The zero-order valence-electron chi connectivity index (χ0n) is 10.7. The quantitative estimate of drug-likeness (QED) is 0.799. The number of nitrogens with two attached hydrogens (primary N) is 1. The molecule has 1 heterocycles. The number of rotatable bonds is 2. The molecule has 1 aliphatic rings. The van der Waals surface area contributed by atoms with Gasteiger partial charge in [-0.25, -0.2) is 0 Å². The van der Waals surface area contributed by atoms with Gasteiger partial charge in [0.15, 0.2) is 0 Å². The van der Waals surface area contributed by atoms with E-state index in [0.717, 1.165) is 0 Å². The van der Waals surface area contributed by atoms with Crippen LogP contribution in [0.5, 0.6) is 0 Å². The highest BCUT2D eigenvalue weighted by Crippen LogP contribution is 2.22. The molecule has 0 bridgehead atoms. The summed E-state index contributed by atoms with van der Waals surface area (Å²) in [5.41, 5.74) is 6.61. The Balaban J connectivity index is 2.24. The number of aliphatic hydroxyl groups is 1. The lowest BCUT2D eigenvalue weighted by Gasteiger charge is -2.37. The fourth-order valence-corrected chi connectivity index (χ4v) is 2.25. The first-order valence-corrected chi connectivity index (χ1v) is 6.49. The van der Waals surface area contributed by atoms with Crippen molar-refractivity contribution in [1.82, 2.24) is 4.90 Å². The molecule has 1 saturated heterocycles. The molecule has 1 amide bonds. The van der Waals surface area contributed by atoms with Crippen molar-refractivity contribution >= 4 is 23.2 Å². The molecule has 6 heteroatoms. The molecule has 0 saturated carbocycles. The highest BCUT2D eigenvalue weighted by atomic mass is 35.5. The number of anilines is 1. The van der Waals surface area contributed by atoms with Crippen LogP contribution in [-0.2, 0) is 4.74 Å². The summed E-state index contributed by atoms with van der Waals surface area (Å²) in [5.74, 6) is -0.186. The maximum Gasteiger partial charge on any atom is 0.256 e. The van der Waals surface area contributed by atoms with Crippen LogP contribution in [0.2, 0.25) is 5.02 Å². The third-order valence-corrected chi connectivity index (χ3v) is 3.45. The van der Waals surface area contributed by atoms with Crippen LogP contribution < -0.4 is 5.73 Å². The number of morpholine rings is 1. The number of carbonyl (C=O) groups excluding carboxylic acids is 1. The Bertz CT molecular complexity index is 481. The van der Waals surface area contributed by atoms with Crippen LogP contribution in [-0.4, -0.2) is 47.8 Å². The highest BCUT2D eigenvalue weighted by Gasteiger charge is 2.30. The molecule has 104 valence electrons. The number of amides is 1. The van der Waals surface area contributed by atoms with Crippen molar-refractivity contribution in [3.05, 3.63) is 28.8 Å². The van der Waals surface area contributed by atoms with Crippen LogP contribution in [0, 0.1) is 0 Å². The van der Waals surface area contributed by atoms with E-state index in [-0.39, 0.29) is 24.7 Å². The van der Waals surface area contributed by atoms with Gasteiger partial charge in [-0.05, 0) is 25.1 Å². The van der Waals surface area contributed by atoms with Gasteiger partial charge in [-0.3, -0.25) is 4.79 Å². The molecular formula is C13H17ClN2O3. The third kappa shape index (κ3) is 3.00. The second kappa shape index (κ2) is 5.77. The standard InChI is InChI=1S/C13H17ClN2O3/c1-8-7-19-10(6-17)5-16(8)13(18)11-4-9(14)2-3-12(11)15/h2-4,8,10,17H,5-7,15H2,1H3. The first-order valence-electron chi connectivity index (χ1n) is 6.11. The van der Waals surface area contributed by atoms with Crippen molar-refractivity contribution in [2.24, 2.45) is 0 Å². The van der Waals surface area contributed by atoms with Gasteiger partial charge >= 0.3 is 0 Å². The Hall–Kier alpha value is -1.30. The smallest absolute Gasteiger partial charge is 0.256 e. The van der Waals surface area contributed by atoms with Gasteiger partial charge in [0, 0.05) is 17.3 Å². The number of ether oxygens (including phenoxy) is 1. The van der Waals surface area contributed by atoms with E-state index < -0.39 is 0 Å². The number of aliphatic hydroxyl groups excluding tert-OH is 1. The van der Waals surface area contributed by atoms with Gasteiger partial charge in [0.25, 0.3) is 5.91 Å². The summed E-state index contributed by atoms with van der Waals surface area (Å²) in [6, 6.07) is 4.76. The predicted octanol–water partition coefficient (Wildman–Crippen LogP) is 1.14. The molecule has 0 aliphatic carbocycles. The van der Waals surface area contributed by atoms with Crippen LogP contribution in [0.15, 0.2) is 18.2 Å². The Morgan fingerprint density at radius 3 is 3.05 bits per heavy atom. The molecule has 19 heavy (non-hydrogen) atoms. The molecule has 1 fully saturated rings. The number of carbonyl (C=O) groups is 1. The summed E-state index contributed by atoms with van der Waals surface area (Å²) in [7, 11) is 0. The lowest BCUT2D eigenvalue weighted by atomic mass is 10.1. The average Bonchev–Trinajstić information content (AvgIpc) is 2.41. The van der Waals surface area contributed by atoms with E-state index in [0.29, 0.717) is 29.4 Å². The van der Waals surface area contributed by atoms with Gasteiger partial charge in [-0.15, -0.1) is 0 Å². The molecule has 3 N–H and O–H groups in total. The second-order valence-corrected chi connectivity index (χ2v) is 5.11. The summed E-state index contributed by atoms with van der Waals surface area (Å²) in [6.07, 6.45) is -0.347. The van der Waals surface area contributed by atoms with Crippen LogP contribution in [0.4, 0.5) is 5.69 Å². The van der Waals surface area contributed by atoms with Gasteiger partial charge in [-0.1, -0.05) is 11.6 Å². The molecular weight excluding hydrogens is 268 g/mol. The van der Waals surface area contributed by atoms with Crippen molar-refractivity contribution in [2.45, 2.75) is 19.1 Å². The summed E-state index contributed by atoms with van der Waals surface area (Å²) in [6.45, 7) is 2.54. The molecule has 1 aromatic carbocycles. The number of nitrogen functional groups attached to an aromatic ring is 1. The van der Waals surface area contributed by atoms with Crippen LogP contribution >= 0.6 is 11.6 Å². The summed E-state index contributed by atoms with van der Waals surface area (Å²) < 4.78 is 5.41. The molecule has 2 unspecified atom stereocenters. The molecule has 1 aromatic rings. The van der Waals surface area contributed by atoms with Crippen molar-refractivity contribution in [3.63, 3.8) is 0 Å². The molecule has 2 rings (SSSR count). The average molecular weight is 285 g/mol. The molecule has 2 atom stereocenters. The van der Waals surface area contributed by atoms with Gasteiger partial charge in [0.1, 0.15) is 0 Å². The van der Waals surface area contributed by atoms with E-state index in [1.165, 1.54) is 0 Å². The summed E-state index contributed by atoms with van der Waals surface area (Å²) in [5, 5.41) is 9.61. The number of halogens is 1. The topological polar surface area (TPSA) is 75.8 Å². The van der Waals surface area contributed by atoms with Crippen LogP contribution in [0.3, 0.4) is 0 Å². The SMILES string of the molecule is CC1COC(CO)CN1C(=O)c1cc(Cl)ccc1N. The van der Waals surface area contributed by atoms with Crippen molar-refractivity contribution in [2.75, 3.05) is 25.5 Å². The maximum absolute atomic E-state index is 12.5. The Labute approximate surface area is 116 Å². The zero-order chi connectivity index (χ0) is 14.0. The van der Waals surface area contributed by atoms with E-state index in [1.54, 1.807) is 23.1 Å². The molecule has 0 aromatic heterocycles. The monoisotopic (exact) mass is 284 g/mol. The fraction of sp³-hybridized carbons (Fsp3) is 0.462. The molecule has 0 radical (unpaired) electrons. The van der Waals surface area contributed by atoms with Crippen molar-refractivity contribution < 1.29 is 14.6 Å². The van der Waals surface area contributed by atoms with Gasteiger partial charge in [0.2, 0.25) is 0 Å². The lowest BCUT2D eigenvalue weighted by molar-refractivity contribution is -0.0667. The van der Waals surface area contributed by atoms with Gasteiger partial charge in [-0.2, -0.15) is 0 Å². The first-order chi connectivity index (χ1) is 9.02. The fourth-order valence-electron chi connectivity index (χ4n) is 2.08. The first kappa shape index (κ1) is 14.1. The van der Waals surface area contributed by atoms with Crippen LogP contribution in [0.1, 0.15) is 17.3 Å². The zero-order valence-corrected chi connectivity index (χ0v) is 11.4. The Kier molecular flexibility index (Phi) is 4.29. The normalized spacial score (nSPS) is 23.4. The minimum absolute atomic E-state index is 0.0614. The number of benzene rings is 1. The second-order valence-electron chi connectivity index (χ2n) is 4.68. The van der Waals surface area contributed by atoms with E-state index >= 15 is 0 Å². The minimum Gasteiger partial charge on any atom is -0.398 e. The summed E-state index contributed by atoms with van der Waals surface area (Å²) in [4.78, 5) is 14.2. The van der Waals surface area contributed by atoms with E-state index in [2.05, 4.69) is 0 Å². The largest absolute Gasteiger partial charge is 0.398 e. The van der Waals surface area contributed by atoms with E-state index in [9.17, 15) is 4.79 Å². The van der Waals surface area contributed by atoms with Gasteiger partial charge < -0.3 is 20.5 Å². The number of hydrogen-bond donors (Lipinski definition) is 2. The highest BCUT2D eigenvalue weighted by molar-refractivity contribution is 6.31. The van der Waals surface area contributed by atoms with Gasteiger partial charge in [0.05, 0.1) is 30.9 Å². The predicted molar refractivity (Wildman–Crippen MR) is 73.2 cm³/mol. The third-order valence-electron chi connectivity index (χ3n) is 3.22. The van der Waals surface area contributed by atoms with E-state index in [1.807, 2.05) is 6.92 Å².